The number of rotatable bonds is 4. The van der Waals surface area contributed by atoms with Gasteiger partial charge < -0.3 is 4.90 Å². The third-order valence-electron chi connectivity index (χ3n) is 5.99. The van der Waals surface area contributed by atoms with Crippen molar-refractivity contribution in [1.82, 2.24) is 19.6 Å². The van der Waals surface area contributed by atoms with E-state index in [-0.39, 0.29) is 5.91 Å². The maximum absolute atomic E-state index is 13.1. The number of hydrogen-bond acceptors (Lipinski definition) is 3. The van der Waals surface area contributed by atoms with Gasteiger partial charge >= 0.3 is 0 Å². The largest absolute Gasteiger partial charge is 0.337 e. The van der Waals surface area contributed by atoms with Crippen LogP contribution in [0.25, 0.3) is 5.69 Å². The van der Waals surface area contributed by atoms with E-state index < -0.39 is 0 Å². The topological polar surface area (TPSA) is 41.4 Å². The van der Waals surface area contributed by atoms with E-state index in [0.29, 0.717) is 12.0 Å². The average molecular weight is 367 g/mol. The van der Waals surface area contributed by atoms with Crippen molar-refractivity contribution in [3.05, 3.63) is 47.3 Å². The van der Waals surface area contributed by atoms with Crippen LogP contribution >= 0.6 is 0 Å². The molecule has 0 radical (unpaired) electrons. The van der Waals surface area contributed by atoms with Gasteiger partial charge in [-0.1, -0.05) is 6.92 Å². The summed E-state index contributed by atoms with van der Waals surface area (Å²) in [6.07, 6.45) is 3.67. The van der Waals surface area contributed by atoms with Gasteiger partial charge in [0.25, 0.3) is 5.91 Å². The van der Waals surface area contributed by atoms with Crippen molar-refractivity contribution < 1.29 is 4.79 Å². The van der Waals surface area contributed by atoms with E-state index in [4.69, 9.17) is 0 Å². The van der Waals surface area contributed by atoms with Crippen molar-refractivity contribution in [1.29, 1.82) is 0 Å². The summed E-state index contributed by atoms with van der Waals surface area (Å²) >= 11 is 0. The summed E-state index contributed by atoms with van der Waals surface area (Å²) in [7, 11) is 0. The zero-order valence-electron chi connectivity index (χ0n) is 16.7. The second kappa shape index (κ2) is 7.47. The maximum Gasteiger partial charge on any atom is 0.253 e. The Morgan fingerprint density at radius 1 is 1.11 bits per heavy atom. The van der Waals surface area contributed by atoms with E-state index in [0.717, 1.165) is 48.8 Å². The normalized spacial score (nSPS) is 22.9. The minimum absolute atomic E-state index is 0.171. The molecule has 0 aliphatic carbocycles. The Hall–Kier alpha value is -2.14. The van der Waals surface area contributed by atoms with Crippen molar-refractivity contribution in [2.75, 3.05) is 26.2 Å². The Labute approximate surface area is 162 Å². The smallest absolute Gasteiger partial charge is 0.253 e. The number of piperidine rings is 1. The first kappa shape index (κ1) is 18.2. The third kappa shape index (κ3) is 3.65. The van der Waals surface area contributed by atoms with Crippen molar-refractivity contribution in [2.45, 2.75) is 46.1 Å². The monoisotopic (exact) mass is 366 g/mol. The zero-order valence-corrected chi connectivity index (χ0v) is 16.7. The molecule has 1 amide bonds. The second-order valence-electron chi connectivity index (χ2n) is 8.19. The van der Waals surface area contributed by atoms with E-state index >= 15 is 0 Å². The molecule has 0 saturated carbocycles. The summed E-state index contributed by atoms with van der Waals surface area (Å²) < 4.78 is 1.93. The van der Waals surface area contributed by atoms with Crippen LogP contribution in [0.2, 0.25) is 0 Å². The fourth-order valence-electron chi connectivity index (χ4n) is 4.72. The SMILES string of the molecule is CCCN1C[C@@H]2CC[C@H]1CN(C(=O)c1ccc(-n3nc(C)cc3C)cc1)C2. The van der Waals surface area contributed by atoms with E-state index in [1.165, 1.54) is 19.3 Å². The highest BCUT2D eigenvalue weighted by Gasteiger charge is 2.36. The lowest BCUT2D eigenvalue weighted by atomic mass is 9.95. The van der Waals surface area contributed by atoms with Gasteiger partial charge in [0.2, 0.25) is 0 Å². The number of carbonyl (C=O) groups is 1. The van der Waals surface area contributed by atoms with Crippen LogP contribution in [0, 0.1) is 19.8 Å². The van der Waals surface area contributed by atoms with Gasteiger partial charge in [0.1, 0.15) is 0 Å². The second-order valence-corrected chi connectivity index (χ2v) is 8.19. The molecule has 4 heterocycles. The lowest BCUT2D eigenvalue weighted by Crippen LogP contribution is -2.44. The van der Waals surface area contributed by atoms with Crippen LogP contribution in [0.1, 0.15) is 47.9 Å². The molecule has 1 aromatic heterocycles. The van der Waals surface area contributed by atoms with E-state index in [1.54, 1.807) is 0 Å². The lowest BCUT2D eigenvalue weighted by Gasteiger charge is -2.35. The number of carbonyl (C=O) groups excluding carboxylic acids is 1. The number of fused-ring (bicyclic) bond motifs is 4. The van der Waals surface area contributed by atoms with Gasteiger partial charge in [0.15, 0.2) is 0 Å². The van der Waals surface area contributed by atoms with Crippen LogP contribution in [-0.2, 0) is 0 Å². The fraction of sp³-hybridized carbons (Fsp3) is 0.545. The molecule has 2 atom stereocenters. The first-order valence-electron chi connectivity index (χ1n) is 10.2. The van der Waals surface area contributed by atoms with Gasteiger partial charge in [0.05, 0.1) is 11.4 Å². The molecule has 0 spiro atoms. The van der Waals surface area contributed by atoms with Gasteiger partial charge in [-0.05, 0) is 75.9 Å². The summed E-state index contributed by atoms with van der Waals surface area (Å²) in [4.78, 5) is 17.8. The fourth-order valence-corrected chi connectivity index (χ4v) is 4.72. The molecule has 27 heavy (non-hydrogen) atoms. The van der Waals surface area contributed by atoms with Crippen molar-refractivity contribution in [2.24, 2.45) is 5.92 Å². The van der Waals surface area contributed by atoms with Gasteiger partial charge in [-0.25, -0.2) is 4.68 Å². The number of benzene rings is 1. The van der Waals surface area contributed by atoms with Gasteiger partial charge in [-0.3, -0.25) is 9.69 Å². The third-order valence-corrected chi connectivity index (χ3v) is 5.99. The van der Waals surface area contributed by atoms with Crippen LogP contribution in [-0.4, -0.2) is 57.7 Å². The molecule has 3 aliphatic heterocycles. The Morgan fingerprint density at radius 2 is 1.89 bits per heavy atom. The Balaban J connectivity index is 1.50. The van der Waals surface area contributed by atoms with Gasteiger partial charge in [0, 0.05) is 36.9 Å². The molecule has 5 nitrogen and oxygen atoms in total. The minimum Gasteiger partial charge on any atom is -0.337 e. The maximum atomic E-state index is 13.1. The molecular weight excluding hydrogens is 336 g/mol. The first-order valence-corrected chi connectivity index (χ1v) is 10.2. The zero-order chi connectivity index (χ0) is 19.0. The average Bonchev–Trinajstić information content (AvgIpc) is 2.83. The summed E-state index contributed by atoms with van der Waals surface area (Å²) in [6.45, 7) is 10.4. The molecule has 3 saturated heterocycles. The lowest BCUT2D eigenvalue weighted by molar-refractivity contribution is 0.0738. The van der Waals surface area contributed by atoms with Gasteiger partial charge in [-0.2, -0.15) is 5.10 Å². The number of nitrogens with zero attached hydrogens (tertiary/aromatic N) is 4. The Morgan fingerprint density at radius 3 is 2.56 bits per heavy atom. The molecule has 3 fully saturated rings. The molecule has 0 N–H and O–H groups in total. The predicted molar refractivity (Wildman–Crippen MR) is 107 cm³/mol. The molecule has 2 bridgehead atoms. The first-order chi connectivity index (χ1) is 13.0. The van der Waals surface area contributed by atoms with Crippen LogP contribution in [0.5, 0.6) is 0 Å². The summed E-state index contributed by atoms with van der Waals surface area (Å²) in [5.74, 6) is 0.790. The predicted octanol–water partition coefficient (Wildman–Crippen LogP) is 3.44. The number of amides is 1. The van der Waals surface area contributed by atoms with Crippen LogP contribution < -0.4 is 0 Å². The van der Waals surface area contributed by atoms with E-state index in [2.05, 4.69) is 27.9 Å². The van der Waals surface area contributed by atoms with E-state index in [9.17, 15) is 4.79 Å². The Kier molecular flexibility index (Phi) is 5.04. The highest BCUT2D eigenvalue weighted by molar-refractivity contribution is 5.94. The van der Waals surface area contributed by atoms with Crippen molar-refractivity contribution >= 4 is 5.91 Å². The highest BCUT2D eigenvalue weighted by Crippen LogP contribution is 2.29. The standard InChI is InChI=1S/C22H30N4O/c1-4-11-24-13-18-5-8-21(24)15-25(14-18)22(27)19-6-9-20(10-7-19)26-17(3)12-16(2)23-26/h6-7,9-10,12,18,21H,4-5,8,11,13-15H2,1-3H3/t18-,21-/m0/s1. The van der Waals surface area contributed by atoms with Gasteiger partial charge in [-0.15, -0.1) is 0 Å². The number of aryl methyl sites for hydroxylation is 2. The molecular formula is C22H30N4O. The molecule has 144 valence electrons. The number of aromatic nitrogens is 2. The highest BCUT2D eigenvalue weighted by atomic mass is 16.2. The van der Waals surface area contributed by atoms with Crippen LogP contribution in [0.15, 0.2) is 30.3 Å². The van der Waals surface area contributed by atoms with Crippen molar-refractivity contribution in [3.63, 3.8) is 0 Å². The molecule has 1 aromatic carbocycles. The summed E-state index contributed by atoms with van der Waals surface area (Å²) in [5.41, 5.74) is 3.89. The molecule has 0 unspecified atom stereocenters. The van der Waals surface area contributed by atoms with Crippen LogP contribution in [0.4, 0.5) is 0 Å². The summed E-state index contributed by atoms with van der Waals surface area (Å²) in [6, 6.07) is 10.5. The van der Waals surface area contributed by atoms with Crippen molar-refractivity contribution in [3.8, 4) is 5.69 Å². The molecule has 2 aromatic rings. The summed E-state index contributed by atoms with van der Waals surface area (Å²) in [5, 5.41) is 4.53. The van der Waals surface area contributed by atoms with Crippen LogP contribution in [0.3, 0.4) is 0 Å². The molecule has 5 heteroatoms. The minimum atomic E-state index is 0.171. The molecule has 3 aliphatic rings. The molecule has 5 rings (SSSR count). The Bertz CT molecular complexity index is 810. The number of hydrogen-bond donors (Lipinski definition) is 0. The van der Waals surface area contributed by atoms with E-state index in [1.807, 2.05) is 42.8 Å². The quantitative estimate of drug-likeness (QED) is 0.832.